The maximum absolute atomic E-state index is 11.0. The zero-order chi connectivity index (χ0) is 13.9. The minimum Gasteiger partial charge on any atom is -0.479 e. The van der Waals surface area contributed by atoms with Crippen LogP contribution in [0.4, 0.5) is 0 Å². The molecule has 0 aromatic heterocycles. The Morgan fingerprint density at radius 3 is 2.39 bits per heavy atom. The summed E-state index contributed by atoms with van der Waals surface area (Å²) in [6.07, 6.45) is 0. The summed E-state index contributed by atoms with van der Waals surface area (Å²) in [7, 11) is -4.42. The van der Waals surface area contributed by atoms with E-state index in [1.807, 2.05) is 0 Å². The predicted molar refractivity (Wildman–Crippen MR) is 60.5 cm³/mol. The summed E-state index contributed by atoms with van der Waals surface area (Å²) >= 11 is 0. The van der Waals surface area contributed by atoms with E-state index in [0.29, 0.717) is 0 Å². The molecule has 0 radical (unpaired) electrons. The Hall–Kier alpha value is -1.93. The third kappa shape index (κ3) is 3.54. The van der Waals surface area contributed by atoms with Crippen molar-refractivity contribution in [2.24, 2.45) is 0 Å². The molecule has 1 unspecified atom stereocenters. The van der Waals surface area contributed by atoms with E-state index in [1.165, 1.54) is 12.1 Å². The van der Waals surface area contributed by atoms with Crippen LogP contribution < -0.4 is 5.32 Å². The smallest absolute Gasteiger partial charge is 0.330 e. The SMILES string of the molecule is CC(=O)NC(C(=O)O)c1cccc(S(=O)(=O)O)c1. The molecule has 0 saturated heterocycles. The van der Waals surface area contributed by atoms with Crippen LogP contribution in [-0.2, 0) is 19.7 Å². The van der Waals surface area contributed by atoms with E-state index in [4.69, 9.17) is 9.66 Å². The van der Waals surface area contributed by atoms with Crippen molar-refractivity contribution in [3.8, 4) is 0 Å². The summed E-state index contributed by atoms with van der Waals surface area (Å²) in [5, 5.41) is 11.1. The second kappa shape index (κ2) is 5.15. The second-order valence-electron chi connectivity index (χ2n) is 3.52. The molecule has 1 amide bonds. The van der Waals surface area contributed by atoms with Crippen molar-refractivity contribution in [3.05, 3.63) is 29.8 Å². The zero-order valence-corrected chi connectivity index (χ0v) is 10.1. The third-order valence-corrected chi connectivity index (χ3v) is 2.93. The fraction of sp³-hybridized carbons (Fsp3) is 0.200. The fourth-order valence-corrected chi connectivity index (χ4v) is 1.88. The van der Waals surface area contributed by atoms with Crippen LogP contribution in [-0.4, -0.2) is 30.0 Å². The Morgan fingerprint density at radius 1 is 1.33 bits per heavy atom. The van der Waals surface area contributed by atoms with Crippen molar-refractivity contribution in [3.63, 3.8) is 0 Å². The lowest BCUT2D eigenvalue weighted by molar-refractivity contribution is -0.141. The highest BCUT2D eigenvalue weighted by Crippen LogP contribution is 2.18. The number of hydrogen-bond donors (Lipinski definition) is 3. The second-order valence-corrected chi connectivity index (χ2v) is 4.94. The minimum atomic E-state index is -4.42. The summed E-state index contributed by atoms with van der Waals surface area (Å²) < 4.78 is 30.7. The summed E-state index contributed by atoms with van der Waals surface area (Å²) in [4.78, 5) is 21.4. The van der Waals surface area contributed by atoms with Gasteiger partial charge in [0.05, 0.1) is 4.90 Å². The van der Waals surface area contributed by atoms with Crippen molar-refractivity contribution in [1.82, 2.24) is 5.32 Å². The number of carbonyl (C=O) groups is 2. The van der Waals surface area contributed by atoms with Gasteiger partial charge in [0, 0.05) is 6.92 Å². The monoisotopic (exact) mass is 273 g/mol. The molecule has 0 aliphatic rings. The summed E-state index contributed by atoms with van der Waals surface area (Å²) in [5.74, 6) is -1.91. The molecule has 8 heteroatoms. The first-order valence-electron chi connectivity index (χ1n) is 4.79. The Morgan fingerprint density at radius 2 is 1.94 bits per heavy atom. The molecule has 0 fully saturated rings. The molecule has 1 aromatic rings. The van der Waals surface area contributed by atoms with Crippen LogP contribution in [0.1, 0.15) is 18.5 Å². The first-order chi connectivity index (χ1) is 8.21. The van der Waals surface area contributed by atoms with Crippen molar-refractivity contribution >= 4 is 22.0 Å². The first kappa shape index (κ1) is 14.1. The third-order valence-electron chi connectivity index (χ3n) is 2.08. The number of aliphatic carboxylic acids is 1. The maximum Gasteiger partial charge on any atom is 0.330 e. The van der Waals surface area contributed by atoms with E-state index >= 15 is 0 Å². The lowest BCUT2D eigenvalue weighted by atomic mass is 10.1. The van der Waals surface area contributed by atoms with Crippen molar-refractivity contribution < 1.29 is 27.7 Å². The summed E-state index contributed by atoms with van der Waals surface area (Å²) in [6.45, 7) is 1.14. The Balaban J connectivity index is 3.22. The number of amides is 1. The quantitative estimate of drug-likeness (QED) is 0.673. The van der Waals surface area contributed by atoms with E-state index in [1.54, 1.807) is 0 Å². The van der Waals surface area contributed by atoms with Gasteiger partial charge in [-0.3, -0.25) is 9.35 Å². The van der Waals surface area contributed by atoms with Crippen LogP contribution in [0.3, 0.4) is 0 Å². The minimum absolute atomic E-state index is 0.0489. The van der Waals surface area contributed by atoms with Crippen LogP contribution >= 0.6 is 0 Å². The Bertz CT molecular complexity index is 580. The average Bonchev–Trinajstić information content (AvgIpc) is 2.24. The van der Waals surface area contributed by atoms with Gasteiger partial charge in [-0.05, 0) is 17.7 Å². The molecule has 7 nitrogen and oxygen atoms in total. The molecular formula is C10H11NO6S. The topological polar surface area (TPSA) is 121 Å². The van der Waals surface area contributed by atoms with Gasteiger partial charge in [-0.25, -0.2) is 4.79 Å². The van der Waals surface area contributed by atoms with Crippen molar-refractivity contribution in [1.29, 1.82) is 0 Å². The average molecular weight is 273 g/mol. The van der Waals surface area contributed by atoms with Crippen LogP contribution in [0, 0.1) is 0 Å². The van der Waals surface area contributed by atoms with Gasteiger partial charge in [0.15, 0.2) is 6.04 Å². The summed E-state index contributed by atoms with van der Waals surface area (Å²) in [5.41, 5.74) is 0.0489. The molecule has 18 heavy (non-hydrogen) atoms. The molecule has 0 bridgehead atoms. The predicted octanol–water partition coefficient (Wildman–Crippen LogP) is 0.195. The largest absolute Gasteiger partial charge is 0.479 e. The number of rotatable bonds is 4. The number of benzene rings is 1. The van der Waals surface area contributed by atoms with Crippen LogP contribution in [0.2, 0.25) is 0 Å². The van der Waals surface area contributed by atoms with E-state index in [9.17, 15) is 18.0 Å². The van der Waals surface area contributed by atoms with Gasteiger partial charge in [-0.2, -0.15) is 8.42 Å². The van der Waals surface area contributed by atoms with Gasteiger partial charge in [0.1, 0.15) is 0 Å². The molecule has 0 aliphatic carbocycles. The van der Waals surface area contributed by atoms with Gasteiger partial charge >= 0.3 is 5.97 Å². The van der Waals surface area contributed by atoms with Crippen molar-refractivity contribution in [2.45, 2.75) is 17.9 Å². The molecule has 3 N–H and O–H groups in total. The molecule has 1 atom stereocenters. The highest BCUT2D eigenvalue weighted by Gasteiger charge is 2.22. The standard InChI is InChI=1S/C10H11NO6S/c1-6(12)11-9(10(13)14)7-3-2-4-8(5-7)18(15,16)17/h2-5,9H,1H3,(H,11,12)(H,13,14)(H,15,16,17). The number of nitrogens with one attached hydrogen (secondary N) is 1. The van der Waals surface area contributed by atoms with Gasteiger partial charge in [-0.15, -0.1) is 0 Å². The van der Waals surface area contributed by atoms with Crippen molar-refractivity contribution in [2.75, 3.05) is 0 Å². The summed E-state index contributed by atoms with van der Waals surface area (Å²) in [6, 6.07) is 3.35. The lowest BCUT2D eigenvalue weighted by Gasteiger charge is -2.14. The van der Waals surface area contributed by atoms with E-state index in [2.05, 4.69) is 5.32 Å². The van der Waals surface area contributed by atoms with E-state index in [-0.39, 0.29) is 5.56 Å². The van der Waals surface area contributed by atoms with Gasteiger partial charge in [0.2, 0.25) is 5.91 Å². The normalized spacial score (nSPS) is 12.8. The molecule has 1 rings (SSSR count). The first-order valence-corrected chi connectivity index (χ1v) is 6.23. The molecule has 0 heterocycles. The molecule has 0 spiro atoms. The number of carboxylic acids is 1. The van der Waals surface area contributed by atoms with Crippen LogP contribution in [0.25, 0.3) is 0 Å². The van der Waals surface area contributed by atoms with Crippen LogP contribution in [0.5, 0.6) is 0 Å². The number of hydrogen-bond acceptors (Lipinski definition) is 4. The molecule has 0 saturated carbocycles. The van der Waals surface area contributed by atoms with Gasteiger partial charge in [-0.1, -0.05) is 12.1 Å². The number of carbonyl (C=O) groups excluding carboxylic acids is 1. The Labute approximate surface area is 103 Å². The zero-order valence-electron chi connectivity index (χ0n) is 9.32. The fourth-order valence-electron chi connectivity index (χ4n) is 1.35. The maximum atomic E-state index is 11.0. The molecule has 1 aromatic carbocycles. The highest BCUT2D eigenvalue weighted by molar-refractivity contribution is 7.85. The highest BCUT2D eigenvalue weighted by atomic mass is 32.2. The van der Waals surface area contributed by atoms with Gasteiger partial charge < -0.3 is 10.4 Å². The molecular weight excluding hydrogens is 262 g/mol. The van der Waals surface area contributed by atoms with Gasteiger partial charge in [0.25, 0.3) is 10.1 Å². The number of carboxylic acid groups (broad SMARTS) is 1. The van der Waals surface area contributed by atoms with E-state index in [0.717, 1.165) is 19.1 Å². The molecule has 0 aliphatic heterocycles. The lowest BCUT2D eigenvalue weighted by Crippen LogP contribution is -2.32. The van der Waals surface area contributed by atoms with Crippen LogP contribution in [0.15, 0.2) is 29.2 Å². The molecule has 98 valence electrons. The Kier molecular flexibility index (Phi) is 4.04. The van der Waals surface area contributed by atoms with E-state index < -0.39 is 32.9 Å².